The van der Waals surface area contributed by atoms with Gasteiger partial charge in [0.1, 0.15) is 17.7 Å². The van der Waals surface area contributed by atoms with Crippen molar-refractivity contribution in [1.82, 2.24) is 30.6 Å². The number of imidazole rings is 1. The van der Waals surface area contributed by atoms with Crippen molar-refractivity contribution < 1.29 is 4.79 Å². The Kier molecular flexibility index (Phi) is 6.06. The van der Waals surface area contributed by atoms with E-state index in [9.17, 15) is 4.79 Å². The Morgan fingerprint density at radius 2 is 2.10 bits per heavy atom. The van der Waals surface area contributed by atoms with Gasteiger partial charge in [-0.15, -0.1) is 0 Å². The van der Waals surface area contributed by atoms with E-state index in [0.717, 1.165) is 35.4 Å². The first-order valence-corrected chi connectivity index (χ1v) is 10.6. The summed E-state index contributed by atoms with van der Waals surface area (Å²) in [6, 6.07) is 7.56. The second kappa shape index (κ2) is 9.07. The number of aromatic nitrogens is 4. The van der Waals surface area contributed by atoms with Crippen LogP contribution in [0.4, 0.5) is 0 Å². The van der Waals surface area contributed by atoms with Crippen LogP contribution in [-0.4, -0.2) is 39.1 Å². The molecule has 3 aromatic rings. The van der Waals surface area contributed by atoms with Crippen LogP contribution >= 0.6 is 0 Å². The fourth-order valence-electron chi connectivity index (χ4n) is 4.11. The van der Waals surface area contributed by atoms with Gasteiger partial charge in [-0.1, -0.05) is 31.0 Å². The second-order valence-corrected chi connectivity index (χ2v) is 7.88. The van der Waals surface area contributed by atoms with E-state index in [1.165, 1.54) is 25.4 Å². The Balaban J connectivity index is 1.56. The van der Waals surface area contributed by atoms with E-state index in [2.05, 4.69) is 30.6 Å². The SMILES string of the molecule is CN/C=C(\C=N)c1cccc(C(C)NC(=O)c2ncnc3nc(C4CCCC4)[nH]c23)c1. The van der Waals surface area contributed by atoms with Gasteiger partial charge < -0.3 is 21.0 Å². The van der Waals surface area contributed by atoms with Crippen molar-refractivity contribution in [2.45, 2.75) is 44.6 Å². The van der Waals surface area contributed by atoms with Gasteiger partial charge in [0.2, 0.25) is 0 Å². The molecule has 1 aliphatic rings. The summed E-state index contributed by atoms with van der Waals surface area (Å²) < 4.78 is 0. The highest BCUT2D eigenvalue weighted by molar-refractivity contribution is 6.08. The number of aromatic amines is 1. The highest BCUT2D eigenvalue weighted by Crippen LogP contribution is 2.33. The summed E-state index contributed by atoms with van der Waals surface area (Å²) in [4.78, 5) is 29.4. The molecule has 1 amide bonds. The molecule has 8 nitrogen and oxygen atoms in total. The van der Waals surface area contributed by atoms with Crippen LogP contribution in [0.25, 0.3) is 16.7 Å². The summed E-state index contributed by atoms with van der Waals surface area (Å²) in [5.74, 6) is 1.03. The van der Waals surface area contributed by atoms with E-state index in [1.807, 2.05) is 31.2 Å². The number of allylic oxidation sites excluding steroid dienone is 1. The monoisotopic (exact) mass is 417 g/mol. The van der Waals surface area contributed by atoms with Crippen molar-refractivity contribution in [3.05, 3.63) is 59.4 Å². The quantitative estimate of drug-likeness (QED) is 0.437. The van der Waals surface area contributed by atoms with Crippen LogP contribution in [-0.2, 0) is 0 Å². The summed E-state index contributed by atoms with van der Waals surface area (Å²) >= 11 is 0. The predicted molar refractivity (Wildman–Crippen MR) is 121 cm³/mol. The van der Waals surface area contributed by atoms with E-state index in [4.69, 9.17) is 5.41 Å². The number of fused-ring (bicyclic) bond motifs is 1. The van der Waals surface area contributed by atoms with Crippen molar-refractivity contribution in [3.8, 4) is 0 Å². The standard InChI is InChI=1S/C23H27N7O/c1-14(16-8-5-9-17(10-16)18(11-24)12-25-2)28-23(31)20-19-22(27-13-26-20)30-21(29-19)15-6-3-4-7-15/h5,8-15,24-25H,3-4,6-7H2,1-2H3,(H,28,31)(H,26,27,29,30)/b18-12+,24-11?. The first-order valence-electron chi connectivity index (χ1n) is 10.6. The molecule has 1 fully saturated rings. The Labute approximate surface area is 181 Å². The lowest BCUT2D eigenvalue weighted by molar-refractivity contribution is 0.0936. The van der Waals surface area contributed by atoms with Crippen LogP contribution in [0.3, 0.4) is 0 Å². The average Bonchev–Trinajstić information content (AvgIpc) is 3.46. The van der Waals surface area contributed by atoms with E-state index >= 15 is 0 Å². The second-order valence-electron chi connectivity index (χ2n) is 7.88. The molecule has 31 heavy (non-hydrogen) atoms. The van der Waals surface area contributed by atoms with Crippen molar-refractivity contribution in [3.63, 3.8) is 0 Å². The number of carbonyl (C=O) groups is 1. The number of benzene rings is 1. The molecule has 1 atom stereocenters. The third-order valence-electron chi connectivity index (χ3n) is 5.79. The molecular weight excluding hydrogens is 390 g/mol. The van der Waals surface area contributed by atoms with Crippen LogP contribution in [0, 0.1) is 5.41 Å². The number of rotatable bonds is 7. The molecule has 1 saturated carbocycles. The molecule has 4 N–H and O–H groups in total. The molecule has 1 aliphatic carbocycles. The molecule has 8 heteroatoms. The smallest absolute Gasteiger partial charge is 0.272 e. The third kappa shape index (κ3) is 4.33. The molecule has 0 radical (unpaired) electrons. The van der Waals surface area contributed by atoms with Gasteiger partial charge in [0, 0.05) is 31.0 Å². The Morgan fingerprint density at radius 1 is 1.29 bits per heavy atom. The number of hydrogen-bond acceptors (Lipinski definition) is 6. The van der Waals surface area contributed by atoms with Gasteiger partial charge in [0.05, 0.1) is 6.04 Å². The molecule has 0 saturated heterocycles. The summed E-state index contributed by atoms with van der Waals surface area (Å²) in [5, 5.41) is 13.6. The van der Waals surface area contributed by atoms with Gasteiger partial charge in [-0.2, -0.15) is 0 Å². The van der Waals surface area contributed by atoms with Crippen LogP contribution in [0.5, 0.6) is 0 Å². The number of amides is 1. The van der Waals surface area contributed by atoms with Crippen molar-refractivity contribution >= 4 is 28.9 Å². The molecule has 1 aromatic carbocycles. The number of H-pyrrole nitrogens is 1. The Hall–Kier alpha value is -3.55. The lowest BCUT2D eigenvalue weighted by Gasteiger charge is -2.15. The minimum Gasteiger partial charge on any atom is -0.393 e. The van der Waals surface area contributed by atoms with Gasteiger partial charge in [-0.3, -0.25) is 4.79 Å². The lowest BCUT2D eigenvalue weighted by atomic mass is 10.0. The summed E-state index contributed by atoms with van der Waals surface area (Å²) in [7, 11) is 1.80. The van der Waals surface area contributed by atoms with Crippen molar-refractivity contribution in [2.75, 3.05) is 7.05 Å². The minimum absolute atomic E-state index is 0.240. The van der Waals surface area contributed by atoms with Crippen LogP contribution < -0.4 is 10.6 Å². The van der Waals surface area contributed by atoms with Crippen LogP contribution in [0.1, 0.15) is 72.0 Å². The van der Waals surface area contributed by atoms with E-state index in [-0.39, 0.29) is 11.9 Å². The fraction of sp³-hybridized carbons (Fsp3) is 0.348. The highest BCUT2D eigenvalue weighted by Gasteiger charge is 2.23. The molecule has 4 rings (SSSR count). The molecule has 2 aromatic heterocycles. The molecule has 0 spiro atoms. The summed E-state index contributed by atoms with van der Waals surface area (Å²) in [5.41, 5.74) is 4.03. The number of nitrogens with one attached hydrogen (secondary N) is 4. The number of hydrogen-bond donors (Lipinski definition) is 4. The maximum absolute atomic E-state index is 13.0. The maximum atomic E-state index is 13.0. The zero-order valence-electron chi connectivity index (χ0n) is 17.8. The topological polar surface area (TPSA) is 119 Å². The van der Waals surface area contributed by atoms with Gasteiger partial charge in [-0.25, -0.2) is 15.0 Å². The normalized spacial score (nSPS) is 15.7. The third-order valence-corrected chi connectivity index (χ3v) is 5.79. The van der Waals surface area contributed by atoms with Gasteiger partial charge >= 0.3 is 0 Å². The highest BCUT2D eigenvalue weighted by atomic mass is 16.2. The fourth-order valence-corrected chi connectivity index (χ4v) is 4.11. The molecular formula is C23H27N7O. The van der Waals surface area contributed by atoms with Crippen LogP contribution in [0.15, 0.2) is 36.8 Å². The van der Waals surface area contributed by atoms with E-state index < -0.39 is 0 Å². The number of carbonyl (C=O) groups excluding carboxylic acids is 1. The van der Waals surface area contributed by atoms with Gasteiger partial charge in [0.15, 0.2) is 11.3 Å². The Bertz CT molecular complexity index is 1130. The molecule has 2 heterocycles. The average molecular weight is 418 g/mol. The Morgan fingerprint density at radius 3 is 2.84 bits per heavy atom. The van der Waals surface area contributed by atoms with Crippen molar-refractivity contribution in [2.24, 2.45) is 0 Å². The first-order chi connectivity index (χ1) is 15.1. The largest absolute Gasteiger partial charge is 0.393 e. The molecule has 0 aliphatic heterocycles. The van der Waals surface area contributed by atoms with E-state index in [1.54, 1.807) is 13.2 Å². The predicted octanol–water partition coefficient (Wildman–Crippen LogP) is 3.71. The van der Waals surface area contributed by atoms with E-state index in [0.29, 0.717) is 22.8 Å². The summed E-state index contributed by atoms with van der Waals surface area (Å²) in [6.45, 7) is 1.93. The maximum Gasteiger partial charge on any atom is 0.272 e. The molecule has 0 bridgehead atoms. The molecule has 1 unspecified atom stereocenters. The first kappa shape index (κ1) is 20.7. The number of nitrogens with zero attached hydrogens (tertiary/aromatic N) is 3. The lowest BCUT2D eigenvalue weighted by Crippen LogP contribution is -2.27. The van der Waals surface area contributed by atoms with Crippen molar-refractivity contribution in [1.29, 1.82) is 5.41 Å². The minimum atomic E-state index is -0.273. The summed E-state index contributed by atoms with van der Waals surface area (Å²) in [6.07, 6.45) is 9.11. The zero-order valence-corrected chi connectivity index (χ0v) is 17.8. The van der Waals surface area contributed by atoms with Gasteiger partial charge in [0.25, 0.3) is 5.91 Å². The molecule has 160 valence electrons. The van der Waals surface area contributed by atoms with Gasteiger partial charge in [-0.05, 0) is 37.0 Å². The zero-order chi connectivity index (χ0) is 21.8. The van der Waals surface area contributed by atoms with Crippen LogP contribution in [0.2, 0.25) is 0 Å².